The molecule has 2 aromatic rings. The molecule has 0 spiro atoms. The average Bonchev–Trinajstić information content (AvgIpc) is 2.56. The van der Waals surface area contributed by atoms with E-state index in [4.69, 9.17) is 11.6 Å². The lowest BCUT2D eigenvalue weighted by Crippen LogP contribution is -2.28. The fourth-order valence-corrected chi connectivity index (χ4v) is 2.51. The molecular weight excluding hydrogens is 322 g/mol. The second-order valence-electron chi connectivity index (χ2n) is 5.92. The second-order valence-corrected chi connectivity index (χ2v) is 6.35. The van der Waals surface area contributed by atoms with Crippen molar-refractivity contribution < 1.29 is 4.79 Å². The van der Waals surface area contributed by atoms with Gasteiger partial charge in [0.15, 0.2) is 0 Å². The van der Waals surface area contributed by atoms with Crippen molar-refractivity contribution in [1.29, 1.82) is 0 Å². The van der Waals surface area contributed by atoms with E-state index in [1.54, 1.807) is 12.1 Å². The summed E-state index contributed by atoms with van der Waals surface area (Å²) in [7, 11) is 2.09. The van der Waals surface area contributed by atoms with Gasteiger partial charge in [0, 0.05) is 23.8 Å². The van der Waals surface area contributed by atoms with E-state index in [1.165, 1.54) is 5.56 Å². The molecule has 0 aliphatic rings. The monoisotopic (exact) mass is 345 g/mol. The van der Waals surface area contributed by atoms with Crippen LogP contribution >= 0.6 is 11.6 Å². The van der Waals surface area contributed by atoms with Gasteiger partial charge >= 0.3 is 6.03 Å². The predicted octanol–water partition coefficient (Wildman–Crippen LogP) is 4.42. The Balaban J connectivity index is 1.92. The molecule has 0 radical (unpaired) electrons. The Bertz CT molecular complexity index is 703. The van der Waals surface area contributed by atoms with Crippen molar-refractivity contribution in [3.05, 3.63) is 64.2 Å². The molecule has 0 aromatic heterocycles. The first-order valence-corrected chi connectivity index (χ1v) is 8.43. The molecule has 0 aliphatic heterocycles. The lowest BCUT2D eigenvalue weighted by molar-refractivity contribution is 0.251. The minimum atomic E-state index is -0.239. The summed E-state index contributed by atoms with van der Waals surface area (Å²) < 4.78 is 0. The van der Waals surface area contributed by atoms with E-state index >= 15 is 0 Å². The summed E-state index contributed by atoms with van der Waals surface area (Å²) in [5.74, 6) is 0. The molecule has 4 nitrogen and oxygen atoms in total. The maximum absolute atomic E-state index is 12.1. The van der Waals surface area contributed by atoms with Gasteiger partial charge < -0.3 is 15.5 Å². The minimum absolute atomic E-state index is 0.239. The van der Waals surface area contributed by atoms with Gasteiger partial charge in [0.25, 0.3) is 0 Å². The maximum Gasteiger partial charge on any atom is 0.319 e. The van der Waals surface area contributed by atoms with E-state index in [1.807, 2.05) is 25.1 Å². The Morgan fingerprint density at radius 1 is 1.17 bits per heavy atom. The molecule has 2 aromatic carbocycles. The van der Waals surface area contributed by atoms with Crippen LogP contribution < -0.4 is 10.6 Å². The normalized spacial score (nSPS) is 10.7. The van der Waals surface area contributed by atoms with Gasteiger partial charge in [0.1, 0.15) is 0 Å². The number of halogens is 1. The number of carbonyl (C=O) groups is 1. The molecule has 2 rings (SSSR count). The lowest BCUT2D eigenvalue weighted by Gasteiger charge is -2.15. The predicted molar refractivity (Wildman–Crippen MR) is 100 cm³/mol. The zero-order valence-corrected chi connectivity index (χ0v) is 15.2. The van der Waals surface area contributed by atoms with Crippen LogP contribution in [0.1, 0.15) is 23.6 Å². The Hall–Kier alpha value is -2.04. The lowest BCUT2D eigenvalue weighted by atomic mass is 10.1. The van der Waals surface area contributed by atoms with Gasteiger partial charge in [-0.2, -0.15) is 0 Å². The molecule has 0 saturated heterocycles. The highest BCUT2D eigenvalue weighted by Gasteiger charge is 2.06. The molecular formula is C19H24ClN3O. The smallest absolute Gasteiger partial charge is 0.319 e. The number of nitrogens with zero attached hydrogens (tertiary/aromatic N) is 1. The van der Waals surface area contributed by atoms with Gasteiger partial charge in [0.2, 0.25) is 0 Å². The summed E-state index contributed by atoms with van der Waals surface area (Å²) in [6.45, 7) is 6.45. The van der Waals surface area contributed by atoms with Crippen LogP contribution in [0, 0.1) is 6.92 Å². The zero-order valence-electron chi connectivity index (χ0n) is 14.4. The van der Waals surface area contributed by atoms with Crippen molar-refractivity contribution in [1.82, 2.24) is 10.2 Å². The fourth-order valence-electron chi connectivity index (χ4n) is 2.34. The SMILES string of the molecule is CCN(C)Cc1cccc(CNC(=O)Nc2cc(Cl)ccc2C)c1. The van der Waals surface area contributed by atoms with E-state index in [-0.39, 0.29) is 6.03 Å². The van der Waals surface area contributed by atoms with Crippen LogP contribution in [-0.4, -0.2) is 24.5 Å². The van der Waals surface area contributed by atoms with Crippen molar-refractivity contribution >= 4 is 23.3 Å². The quantitative estimate of drug-likeness (QED) is 0.813. The molecule has 2 amide bonds. The fraction of sp³-hybridized carbons (Fsp3) is 0.316. The van der Waals surface area contributed by atoms with E-state index in [0.717, 1.165) is 29.9 Å². The summed E-state index contributed by atoms with van der Waals surface area (Å²) in [5.41, 5.74) is 4.01. The van der Waals surface area contributed by atoms with Gasteiger partial charge in [-0.3, -0.25) is 0 Å². The molecule has 5 heteroatoms. The third-order valence-electron chi connectivity index (χ3n) is 3.88. The van der Waals surface area contributed by atoms with Crippen molar-refractivity contribution in [2.75, 3.05) is 18.9 Å². The number of hydrogen-bond donors (Lipinski definition) is 2. The van der Waals surface area contributed by atoms with Crippen molar-refractivity contribution in [2.24, 2.45) is 0 Å². The Labute approximate surface area is 148 Å². The molecule has 0 bridgehead atoms. The minimum Gasteiger partial charge on any atom is -0.334 e. The molecule has 0 unspecified atom stereocenters. The van der Waals surface area contributed by atoms with Crippen LogP contribution in [-0.2, 0) is 13.1 Å². The first kappa shape index (κ1) is 18.3. The van der Waals surface area contributed by atoms with Gasteiger partial charge in [-0.1, -0.05) is 48.9 Å². The van der Waals surface area contributed by atoms with Crippen LogP contribution in [0.2, 0.25) is 5.02 Å². The highest BCUT2D eigenvalue weighted by molar-refractivity contribution is 6.31. The molecule has 0 atom stereocenters. The van der Waals surface area contributed by atoms with Crippen molar-refractivity contribution in [3.63, 3.8) is 0 Å². The summed E-state index contributed by atoms with van der Waals surface area (Å²) in [6, 6.07) is 13.5. The molecule has 24 heavy (non-hydrogen) atoms. The van der Waals surface area contributed by atoms with Crippen LogP contribution in [0.3, 0.4) is 0 Å². The van der Waals surface area contributed by atoms with Crippen LogP contribution in [0.4, 0.5) is 10.5 Å². The Morgan fingerprint density at radius 3 is 2.67 bits per heavy atom. The number of amides is 2. The Kier molecular flexibility index (Phi) is 6.64. The number of aryl methyl sites for hydroxylation is 1. The third kappa shape index (κ3) is 5.55. The molecule has 2 N–H and O–H groups in total. The topological polar surface area (TPSA) is 44.4 Å². The first-order chi connectivity index (χ1) is 11.5. The van der Waals surface area contributed by atoms with E-state index in [0.29, 0.717) is 11.6 Å². The summed E-state index contributed by atoms with van der Waals surface area (Å²) in [5, 5.41) is 6.32. The Morgan fingerprint density at radius 2 is 1.92 bits per heavy atom. The van der Waals surface area contributed by atoms with Crippen molar-refractivity contribution in [2.45, 2.75) is 26.9 Å². The van der Waals surface area contributed by atoms with E-state index in [9.17, 15) is 4.79 Å². The molecule has 0 heterocycles. The van der Waals surface area contributed by atoms with E-state index in [2.05, 4.69) is 41.6 Å². The van der Waals surface area contributed by atoms with Crippen LogP contribution in [0.25, 0.3) is 0 Å². The maximum atomic E-state index is 12.1. The largest absolute Gasteiger partial charge is 0.334 e. The van der Waals surface area contributed by atoms with Gasteiger partial charge in [-0.05, 0) is 49.3 Å². The number of nitrogens with one attached hydrogen (secondary N) is 2. The summed E-state index contributed by atoms with van der Waals surface area (Å²) in [4.78, 5) is 14.3. The first-order valence-electron chi connectivity index (χ1n) is 8.05. The highest BCUT2D eigenvalue weighted by atomic mass is 35.5. The molecule has 128 valence electrons. The second kappa shape index (κ2) is 8.71. The molecule has 0 fully saturated rings. The summed E-state index contributed by atoms with van der Waals surface area (Å²) >= 11 is 5.97. The van der Waals surface area contributed by atoms with Gasteiger partial charge in [-0.15, -0.1) is 0 Å². The van der Waals surface area contributed by atoms with Gasteiger partial charge in [-0.25, -0.2) is 4.79 Å². The van der Waals surface area contributed by atoms with Crippen molar-refractivity contribution in [3.8, 4) is 0 Å². The van der Waals surface area contributed by atoms with Gasteiger partial charge in [0.05, 0.1) is 0 Å². The highest BCUT2D eigenvalue weighted by Crippen LogP contribution is 2.20. The number of anilines is 1. The average molecular weight is 346 g/mol. The van der Waals surface area contributed by atoms with Crippen LogP contribution in [0.5, 0.6) is 0 Å². The third-order valence-corrected chi connectivity index (χ3v) is 4.12. The summed E-state index contributed by atoms with van der Waals surface area (Å²) in [6.07, 6.45) is 0. The van der Waals surface area contributed by atoms with E-state index < -0.39 is 0 Å². The zero-order chi connectivity index (χ0) is 17.5. The standard InChI is InChI=1S/C19H24ClN3O/c1-4-23(3)13-16-7-5-6-15(10-16)12-21-19(24)22-18-11-17(20)9-8-14(18)2/h5-11H,4,12-13H2,1-3H3,(H2,21,22,24). The number of urea groups is 1. The number of benzene rings is 2. The number of rotatable bonds is 6. The molecule has 0 aliphatic carbocycles. The number of carbonyl (C=O) groups excluding carboxylic acids is 1. The number of hydrogen-bond acceptors (Lipinski definition) is 2. The molecule has 0 saturated carbocycles. The van der Waals surface area contributed by atoms with Crippen LogP contribution in [0.15, 0.2) is 42.5 Å².